The average Bonchev–Trinajstić information content (AvgIpc) is 2.47. The van der Waals surface area contributed by atoms with E-state index in [9.17, 15) is 9.59 Å². The molecule has 1 aliphatic heterocycles. The van der Waals surface area contributed by atoms with Crippen LogP contribution in [0.2, 0.25) is 5.02 Å². The summed E-state index contributed by atoms with van der Waals surface area (Å²) < 4.78 is 5.31. The minimum absolute atomic E-state index is 0.189. The number of ether oxygens (including phenoxy) is 1. The van der Waals surface area contributed by atoms with Gasteiger partial charge in [-0.3, -0.25) is 14.6 Å². The van der Waals surface area contributed by atoms with E-state index in [1.54, 1.807) is 13.0 Å². The number of halogens is 1. The summed E-state index contributed by atoms with van der Waals surface area (Å²) in [4.78, 5) is 30.3. The van der Waals surface area contributed by atoms with Gasteiger partial charge in [0.05, 0.1) is 23.8 Å². The Morgan fingerprint density at radius 3 is 3.00 bits per heavy atom. The Bertz CT molecular complexity index is 550. The molecule has 0 saturated carbocycles. The standard InChI is InChI=1S/C14H18ClN3O3/c1-3-16-13(19)12-8-21-5-4-18(12)14(20)10-7-17-9(2)6-11(10)15/h6-7,12H,3-5,8H2,1-2H3,(H,16,19). The molecule has 1 saturated heterocycles. The van der Waals surface area contributed by atoms with E-state index >= 15 is 0 Å². The number of likely N-dealkylation sites (N-methyl/N-ethyl adjacent to an activating group) is 1. The van der Waals surface area contributed by atoms with Gasteiger partial charge in [-0.15, -0.1) is 0 Å². The van der Waals surface area contributed by atoms with Gasteiger partial charge in [-0.1, -0.05) is 11.6 Å². The molecule has 1 aliphatic rings. The summed E-state index contributed by atoms with van der Waals surface area (Å²) in [5, 5.41) is 3.06. The second-order valence-electron chi connectivity index (χ2n) is 4.79. The normalized spacial score (nSPS) is 18.4. The molecule has 0 radical (unpaired) electrons. The zero-order valence-corrected chi connectivity index (χ0v) is 12.8. The number of pyridine rings is 1. The number of aryl methyl sites for hydroxylation is 1. The smallest absolute Gasteiger partial charge is 0.257 e. The molecule has 1 unspecified atom stereocenters. The van der Waals surface area contributed by atoms with E-state index in [0.717, 1.165) is 5.69 Å². The van der Waals surface area contributed by atoms with Crippen LogP contribution in [0, 0.1) is 6.92 Å². The van der Waals surface area contributed by atoms with E-state index < -0.39 is 6.04 Å². The summed E-state index contributed by atoms with van der Waals surface area (Å²) in [6, 6.07) is 1.000. The van der Waals surface area contributed by atoms with Crippen molar-refractivity contribution in [3.05, 3.63) is 28.5 Å². The van der Waals surface area contributed by atoms with Crippen LogP contribution in [0.15, 0.2) is 12.3 Å². The first-order valence-electron chi connectivity index (χ1n) is 6.83. The van der Waals surface area contributed by atoms with Crippen molar-refractivity contribution in [2.75, 3.05) is 26.3 Å². The van der Waals surface area contributed by atoms with Gasteiger partial charge in [0.25, 0.3) is 5.91 Å². The zero-order chi connectivity index (χ0) is 15.4. The average molecular weight is 312 g/mol. The lowest BCUT2D eigenvalue weighted by Crippen LogP contribution is -2.55. The number of hydrogen-bond donors (Lipinski definition) is 1. The van der Waals surface area contributed by atoms with Gasteiger partial charge in [0.15, 0.2) is 0 Å². The van der Waals surface area contributed by atoms with Gasteiger partial charge in [-0.25, -0.2) is 0 Å². The molecule has 21 heavy (non-hydrogen) atoms. The Kier molecular flexibility index (Phi) is 5.14. The summed E-state index contributed by atoms with van der Waals surface area (Å²) >= 11 is 6.11. The lowest BCUT2D eigenvalue weighted by molar-refractivity contribution is -0.130. The predicted octanol–water partition coefficient (Wildman–Crippen LogP) is 1.02. The number of carbonyl (C=O) groups excluding carboxylic acids is 2. The molecule has 6 nitrogen and oxygen atoms in total. The second kappa shape index (κ2) is 6.87. The molecule has 2 rings (SSSR count). The molecule has 1 aromatic heterocycles. The molecule has 0 spiro atoms. The van der Waals surface area contributed by atoms with Gasteiger partial charge in [0, 0.05) is 25.0 Å². The highest BCUT2D eigenvalue weighted by molar-refractivity contribution is 6.33. The topological polar surface area (TPSA) is 71.5 Å². The van der Waals surface area contributed by atoms with Crippen LogP contribution in [0.3, 0.4) is 0 Å². The van der Waals surface area contributed by atoms with Crippen LogP contribution in [-0.4, -0.2) is 54.0 Å². The van der Waals surface area contributed by atoms with Crippen molar-refractivity contribution < 1.29 is 14.3 Å². The van der Waals surface area contributed by atoms with Crippen molar-refractivity contribution in [1.29, 1.82) is 0 Å². The highest BCUT2D eigenvalue weighted by Gasteiger charge is 2.33. The number of nitrogens with one attached hydrogen (secondary N) is 1. The molecule has 1 fully saturated rings. The number of nitrogens with zero attached hydrogens (tertiary/aromatic N) is 2. The molecule has 7 heteroatoms. The van der Waals surface area contributed by atoms with Crippen molar-refractivity contribution in [2.24, 2.45) is 0 Å². The van der Waals surface area contributed by atoms with Crippen molar-refractivity contribution in [2.45, 2.75) is 19.9 Å². The fraction of sp³-hybridized carbons (Fsp3) is 0.500. The van der Waals surface area contributed by atoms with Crippen LogP contribution in [-0.2, 0) is 9.53 Å². The predicted molar refractivity (Wildman–Crippen MR) is 78.3 cm³/mol. The third-order valence-electron chi connectivity index (χ3n) is 3.26. The zero-order valence-electron chi connectivity index (χ0n) is 12.1. The highest BCUT2D eigenvalue weighted by Crippen LogP contribution is 2.20. The molecule has 0 bridgehead atoms. The minimum Gasteiger partial charge on any atom is -0.377 e. The molecule has 114 valence electrons. The van der Waals surface area contributed by atoms with Crippen LogP contribution >= 0.6 is 11.6 Å². The molecule has 1 atom stereocenters. The summed E-state index contributed by atoms with van der Waals surface area (Å²) in [5.41, 5.74) is 1.04. The van der Waals surface area contributed by atoms with Gasteiger partial charge in [-0.2, -0.15) is 0 Å². The van der Waals surface area contributed by atoms with Crippen molar-refractivity contribution >= 4 is 23.4 Å². The molecule has 0 aliphatic carbocycles. The molecule has 2 amide bonds. The van der Waals surface area contributed by atoms with Crippen LogP contribution in [0.25, 0.3) is 0 Å². The number of amides is 2. The van der Waals surface area contributed by atoms with E-state index in [0.29, 0.717) is 30.3 Å². The van der Waals surface area contributed by atoms with Crippen LogP contribution in [0.5, 0.6) is 0 Å². The number of morpholine rings is 1. The number of hydrogen-bond acceptors (Lipinski definition) is 4. The minimum atomic E-state index is -0.636. The first-order valence-corrected chi connectivity index (χ1v) is 7.21. The Morgan fingerprint density at radius 2 is 2.33 bits per heavy atom. The third kappa shape index (κ3) is 3.51. The molecular formula is C14H18ClN3O3. The van der Waals surface area contributed by atoms with Crippen molar-refractivity contribution in [3.63, 3.8) is 0 Å². The molecule has 1 aromatic rings. The number of rotatable bonds is 3. The summed E-state index contributed by atoms with van der Waals surface area (Å²) in [6.07, 6.45) is 1.45. The number of carbonyl (C=O) groups is 2. The van der Waals surface area contributed by atoms with Gasteiger partial charge in [-0.05, 0) is 19.9 Å². The first-order chi connectivity index (χ1) is 10.0. The van der Waals surface area contributed by atoms with Gasteiger partial charge < -0.3 is 15.0 Å². The molecular weight excluding hydrogens is 294 g/mol. The van der Waals surface area contributed by atoms with Gasteiger partial charge >= 0.3 is 0 Å². The Morgan fingerprint density at radius 1 is 1.57 bits per heavy atom. The van der Waals surface area contributed by atoms with Gasteiger partial charge in [0.2, 0.25) is 5.91 Å². The van der Waals surface area contributed by atoms with Crippen LogP contribution in [0.4, 0.5) is 0 Å². The summed E-state index contributed by atoms with van der Waals surface area (Å²) in [7, 11) is 0. The largest absolute Gasteiger partial charge is 0.377 e. The maximum absolute atomic E-state index is 12.6. The SMILES string of the molecule is CCNC(=O)C1COCCN1C(=O)c1cnc(C)cc1Cl. The van der Waals surface area contributed by atoms with Crippen LogP contribution in [0.1, 0.15) is 23.0 Å². The summed E-state index contributed by atoms with van der Waals surface area (Å²) in [6.45, 7) is 5.07. The van der Waals surface area contributed by atoms with Gasteiger partial charge in [0.1, 0.15) is 6.04 Å². The maximum Gasteiger partial charge on any atom is 0.257 e. The van der Waals surface area contributed by atoms with Crippen molar-refractivity contribution in [3.8, 4) is 0 Å². The van der Waals surface area contributed by atoms with E-state index in [-0.39, 0.29) is 18.4 Å². The lowest BCUT2D eigenvalue weighted by atomic mass is 10.1. The summed E-state index contributed by atoms with van der Waals surface area (Å²) in [5.74, 6) is -0.520. The highest BCUT2D eigenvalue weighted by atomic mass is 35.5. The van der Waals surface area contributed by atoms with E-state index in [1.807, 2.05) is 6.92 Å². The Balaban J connectivity index is 2.24. The van der Waals surface area contributed by atoms with Crippen molar-refractivity contribution in [1.82, 2.24) is 15.2 Å². The Hall–Kier alpha value is -1.66. The Labute approximate surface area is 128 Å². The van der Waals surface area contributed by atoms with E-state index in [1.165, 1.54) is 11.1 Å². The third-order valence-corrected chi connectivity index (χ3v) is 3.58. The molecule has 0 aromatic carbocycles. The maximum atomic E-state index is 12.6. The molecule has 1 N–H and O–H groups in total. The molecule has 2 heterocycles. The quantitative estimate of drug-likeness (QED) is 0.904. The lowest BCUT2D eigenvalue weighted by Gasteiger charge is -2.34. The second-order valence-corrected chi connectivity index (χ2v) is 5.20. The fourth-order valence-electron chi connectivity index (χ4n) is 2.19. The fourth-order valence-corrected chi connectivity index (χ4v) is 2.48. The number of aromatic nitrogens is 1. The van der Waals surface area contributed by atoms with Crippen LogP contribution < -0.4 is 5.32 Å². The monoisotopic (exact) mass is 311 g/mol. The van der Waals surface area contributed by atoms with E-state index in [2.05, 4.69) is 10.3 Å². The van der Waals surface area contributed by atoms with E-state index in [4.69, 9.17) is 16.3 Å². The first kappa shape index (κ1) is 15.7.